The number of nitriles is 1. The van der Waals surface area contributed by atoms with Crippen molar-refractivity contribution in [1.82, 2.24) is 15.5 Å². The molecule has 13 heteroatoms. The summed E-state index contributed by atoms with van der Waals surface area (Å²) in [7, 11) is 1.35. The summed E-state index contributed by atoms with van der Waals surface area (Å²) in [6.45, 7) is 7.32. The maximum atomic E-state index is 13.9. The maximum Gasteiger partial charge on any atom is 0.390 e. The Hall–Kier alpha value is -3.53. The molecule has 0 aromatic heterocycles. The van der Waals surface area contributed by atoms with Crippen molar-refractivity contribution in [2.24, 2.45) is 16.7 Å². The summed E-state index contributed by atoms with van der Waals surface area (Å²) in [6.07, 6.45) is -1.09. The molecule has 2 saturated carbocycles. The molecule has 0 radical (unpaired) electrons. The Kier molecular flexibility index (Phi) is 10.5. The second-order valence-corrected chi connectivity index (χ2v) is 13.8. The van der Waals surface area contributed by atoms with Gasteiger partial charge in [-0.05, 0) is 70.8 Å². The van der Waals surface area contributed by atoms with E-state index < -0.39 is 53.9 Å². The Bertz CT molecular complexity index is 1350. The molecule has 4 atom stereocenters. The Morgan fingerprint density at radius 1 is 1.09 bits per heavy atom. The number of amides is 2. The van der Waals surface area contributed by atoms with Crippen LogP contribution in [0, 0.1) is 28.1 Å². The fraction of sp³-hybridized carbons (Fsp3) is 0.697. The van der Waals surface area contributed by atoms with Crippen molar-refractivity contribution in [1.29, 1.82) is 5.26 Å². The first-order chi connectivity index (χ1) is 21.5. The number of benzene rings is 1. The van der Waals surface area contributed by atoms with Crippen LogP contribution in [0.15, 0.2) is 12.1 Å². The van der Waals surface area contributed by atoms with Crippen molar-refractivity contribution >= 4 is 17.8 Å². The van der Waals surface area contributed by atoms with Crippen LogP contribution in [0.5, 0.6) is 11.5 Å². The molecule has 1 heterocycles. The highest BCUT2D eigenvalue weighted by Gasteiger charge is 2.50. The number of carboxylic acid groups (broad SMARTS) is 1. The van der Waals surface area contributed by atoms with E-state index in [2.05, 4.69) is 23.6 Å². The zero-order valence-corrected chi connectivity index (χ0v) is 27.1. The van der Waals surface area contributed by atoms with Crippen LogP contribution in [-0.2, 0) is 9.59 Å². The molecular weight excluding hydrogens is 605 g/mol. The molecule has 10 nitrogen and oxygen atoms in total. The maximum absolute atomic E-state index is 13.9. The summed E-state index contributed by atoms with van der Waals surface area (Å²) in [6, 6.07) is 2.84. The van der Waals surface area contributed by atoms with Gasteiger partial charge in [-0.25, -0.2) is 0 Å². The number of hydrogen-bond donors (Lipinski definition) is 3. The SMILES string of the molecule is COc1cc(C#N)c(O[C@H]2CC[C@@](C)(C(=O)O)CC2)cc1C(=O)NC1C(C(=O)NCC2(C)CCC2)[C@H](C)N(CCC(F)(F)F)[C@@H]1C. The van der Waals surface area contributed by atoms with Gasteiger partial charge in [0.05, 0.1) is 48.1 Å². The summed E-state index contributed by atoms with van der Waals surface area (Å²) in [5.41, 5.74) is -0.709. The Morgan fingerprint density at radius 2 is 1.74 bits per heavy atom. The highest BCUT2D eigenvalue weighted by atomic mass is 19.4. The van der Waals surface area contributed by atoms with Crippen LogP contribution in [0.1, 0.15) is 95.0 Å². The predicted octanol–water partition coefficient (Wildman–Crippen LogP) is 5.05. The van der Waals surface area contributed by atoms with Gasteiger partial charge in [0.2, 0.25) is 5.91 Å². The van der Waals surface area contributed by atoms with Gasteiger partial charge in [-0.3, -0.25) is 19.3 Å². The lowest BCUT2D eigenvalue weighted by Crippen LogP contribution is -2.51. The van der Waals surface area contributed by atoms with Crippen molar-refractivity contribution in [2.75, 3.05) is 20.2 Å². The molecule has 1 aliphatic heterocycles. The lowest BCUT2D eigenvalue weighted by Gasteiger charge is -2.39. The van der Waals surface area contributed by atoms with Crippen LogP contribution in [0.4, 0.5) is 13.2 Å². The number of carboxylic acids is 1. The standard InChI is InChI=1S/C33H45F3N4O6/c1-19-26(29(42)38-18-31(3)9-6-10-31)27(20(2)40(19)14-13-33(34,35)36)39-28(41)23-16-24(21(17-37)15-25(23)45-5)46-22-7-11-32(4,12-8-22)30(43)44/h15-16,19-20,22,26-27H,6-14,18H2,1-5H3,(H,38,42)(H,39,41)(H,43,44)/t19-,20+,22-,26?,27?,32+/m0/s1. The third kappa shape index (κ3) is 7.70. The van der Waals surface area contributed by atoms with Gasteiger partial charge in [0.1, 0.15) is 17.6 Å². The van der Waals surface area contributed by atoms with Gasteiger partial charge in [0, 0.05) is 31.2 Å². The molecule has 1 saturated heterocycles. The number of rotatable bonds is 11. The van der Waals surface area contributed by atoms with Crippen LogP contribution in [0.3, 0.4) is 0 Å². The van der Waals surface area contributed by atoms with E-state index in [9.17, 15) is 37.9 Å². The molecule has 2 amide bonds. The summed E-state index contributed by atoms with van der Waals surface area (Å²) in [5.74, 6) is -2.41. The molecule has 254 valence electrons. The zero-order valence-electron chi connectivity index (χ0n) is 27.1. The highest BCUT2D eigenvalue weighted by molar-refractivity contribution is 5.98. The van der Waals surface area contributed by atoms with E-state index in [1.165, 1.54) is 19.2 Å². The van der Waals surface area contributed by atoms with E-state index in [0.29, 0.717) is 32.2 Å². The number of carbonyl (C=O) groups is 3. The fourth-order valence-corrected chi connectivity index (χ4v) is 7.07. The van der Waals surface area contributed by atoms with Crippen molar-refractivity contribution in [3.63, 3.8) is 0 Å². The van der Waals surface area contributed by atoms with E-state index in [1.54, 1.807) is 25.7 Å². The first kappa shape index (κ1) is 35.3. The number of halogens is 3. The molecule has 0 spiro atoms. The average Bonchev–Trinajstić information content (AvgIpc) is 3.22. The van der Waals surface area contributed by atoms with E-state index in [-0.39, 0.29) is 46.6 Å². The number of likely N-dealkylation sites (tertiary alicyclic amines) is 1. The van der Waals surface area contributed by atoms with E-state index in [1.807, 2.05) is 0 Å². The minimum atomic E-state index is -4.38. The number of nitrogens with one attached hydrogen (secondary N) is 2. The molecule has 46 heavy (non-hydrogen) atoms. The lowest BCUT2D eigenvalue weighted by molar-refractivity contribution is -0.150. The van der Waals surface area contributed by atoms with E-state index in [4.69, 9.17) is 9.47 Å². The van der Waals surface area contributed by atoms with Crippen molar-refractivity contribution < 1.29 is 42.1 Å². The molecule has 2 aliphatic carbocycles. The number of ether oxygens (including phenoxy) is 2. The van der Waals surface area contributed by atoms with Crippen LogP contribution < -0.4 is 20.1 Å². The third-order valence-corrected chi connectivity index (χ3v) is 10.5. The molecular formula is C33H45F3N4O6. The molecule has 1 aromatic rings. The monoisotopic (exact) mass is 650 g/mol. The quantitative estimate of drug-likeness (QED) is 0.303. The van der Waals surface area contributed by atoms with Crippen LogP contribution >= 0.6 is 0 Å². The average molecular weight is 651 g/mol. The summed E-state index contributed by atoms with van der Waals surface area (Å²) in [4.78, 5) is 40.8. The smallest absolute Gasteiger partial charge is 0.390 e. The second-order valence-electron chi connectivity index (χ2n) is 13.8. The van der Waals surface area contributed by atoms with Crippen molar-refractivity contribution in [2.45, 2.75) is 109 Å². The molecule has 1 aromatic carbocycles. The topological polar surface area (TPSA) is 141 Å². The van der Waals surface area contributed by atoms with Crippen LogP contribution in [-0.4, -0.2) is 78.4 Å². The fourth-order valence-electron chi connectivity index (χ4n) is 7.07. The number of alkyl halides is 3. The van der Waals surface area contributed by atoms with Gasteiger partial charge >= 0.3 is 12.1 Å². The predicted molar refractivity (Wildman–Crippen MR) is 162 cm³/mol. The normalized spacial score (nSPS) is 29.2. The molecule has 3 fully saturated rings. The summed E-state index contributed by atoms with van der Waals surface area (Å²) >= 11 is 0. The number of methoxy groups -OCH3 is 1. The molecule has 3 aliphatic rings. The van der Waals surface area contributed by atoms with Crippen LogP contribution in [0.25, 0.3) is 0 Å². The molecule has 4 rings (SSSR count). The Labute approximate surface area is 268 Å². The highest BCUT2D eigenvalue weighted by Crippen LogP contribution is 2.41. The largest absolute Gasteiger partial charge is 0.496 e. The van der Waals surface area contributed by atoms with E-state index in [0.717, 1.165) is 19.3 Å². The van der Waals surface area contributed by atoms with Crippen LogP contribution in [0.2, 0.25) is 0 Å². The van der Waals surface area contributed by atoms with Gasteiger partial charge in [0.15, 0.2) is 0 Å². The zero-order chi connectivity index (χ0) is 34.0. The first-order valence-corrected chi connectivity index (χ1v) is 15.9. The minimum absolute atomic E-state index is 0.0192. The van der Waals surface area contributed by atoms with Gasteiger partial charge in [-0.1, -0.05) is 13.3 Å². The summed E-state index contributed by atoms with van der Waals surface area (Å²) in [5, 5.41) is 25.3. The van der Waals surface area contributed by atoms with Gasteiger partial charge in [-0.15, -0.1) is 0 Å². The minimum Gasteiger partial charge on any atom is -0.496 e. The number of aliphatic carboxylic acids is 1. The number of hydrogen-bond acceptors (Lipinski definition) is 7. The number of nitrogens with zero attached hydrogens (tertiary/aromatic N) is 2. The van der Waals surface area contributed by atoms with Crippen molar-refractivity contribution in [3.8, 4) is 17.6 Å². The Balaban J connectivity index is 1.58. The van der Waals surface area contributed by atoms with Gasteiger partial charge < -0.3 is 25.2 Å². The van der Waals surface area contributed by atoms with Crippen molar-refractivity contribution in [3.05, 3.63) is 23.3 Å². The second kappa shape index (κ2) is 13.7. The Morgan fingerprint density at radius 3 is 2.26 bits per heavy atom. The number of carbonyl (C=O) groups excluding carboxylic acids is 2. The molecule has 3 N–H and O–H groups in total. The third-order valence-electron chi connectivity index (χ3n) is 10.5. The molecule has 0 bridgehead atoms. The van der Waals surface area contributed by atoms with E-state index >= 15 is 0 Å². The summed E-state index contributed by atoms with van der Waals surface area (Å²) < 4.78 is 51.2. The molecule has 2 unspecified atom stereocenters. The van der Waals surface area contributed by atoms with Gasteiger partial charge in [-0.2, -0.15) is 18.4 Å². The lowest BCUT2D eigenvalue weighted by atomic mass is 9.70. The van der Waals surface area contributed by atoms with Gasteiger partial charge in [0.25, 0.3) is 5.91 Å². The first-order valence-electron chi connectivity index (χ1n) is 15.9.